The minimum Gasteiger partial charge on any atom is -0.485 e. The average molecular weight is 275 g/mol. The maximum Gasteiger partial charge on any atom is 0.165 e. The fourth-order valence-electron chi connectivity index (χ4n) is 1.05. The molecule has 82 valence electrons. The molecule has 1 N–H and O–H groups in total. The lowest BCUT2D eigenvalue weighted by molar-refractivity contribution is 0.198. The molecular weight excluding hydrogens is 263 g/mol. The van der Waals surface area contributed by atoms with Crippen molar-refractivity contribution >= 4 is 15.9 Å². The zero-order valence-corrected chi connectivity index (χ0v) is 9.92. The molecule has 1 aromatic carbocycles. The topological polar surface area (TPSA) is 29.5 Å². The zero-order chi connectivity index (χ0) is 11.4. The number of halogens is 2. The van der Waals surface area contributed by atoms with Crippen molar-refractivity contribution in [3.63, 3.8) is 0 Å². The van der Waals surface area contributed by atoms with Crippen molar-refractivity contribution in [2.24, 2.45) is 0 Å². The van der Waals surface area contributed by atoms with Gasteiger partial charge in [0.05, 0.1) is 6.10 Å². The Labute approximate surface area is 96.5 Å². The molecule has 0 saturated carbocycles. The van der Waals surface area contributed by atoms with Gasteiger partial charge in [-0.15, -0.1) is 0 Å². The van der Waals surface area contributed by atoms with Crippen LogP contribution in [0.25, 0.3) is 0 Å². The summed E-state index contributed by atoms with van der Waals surface area (Å²) in [6.45, 7) is 5.37. The third-order valence-electron chi connectivity index (χ3n) is 1.82. The van der Waals surface area contributed by atoms with Gasteiger partial charge < -0.3 is 9.84 Å². The Balaban J connectivity index is 2.79. The van der Waals surface area contributed by atoms with Crippen LogP contribution in [-0.4, -0.2) is 11.7 Å². The molecule has 4 heteroatoms. The first-order chi connectivity index (χ1) is 7.00. The van der Waals surface area contributed by atoms with Crippen LogP contribution in [0.3, 0.4) is 0 Å². The fraction of sp³-hybridized carbons (Fsp3) is 0.273. The number of benzene rings is 1. The van der Waals surface area contributed by atoms with E-state index in [0.717, 1.165) is 0 Å². The Morgan fingerprint density at radius 1 is 1.67 bits per heavy atom. The van der Waals surface area contributed by atoms with Crippen molar-refractivity contribution < 1.29 is 14.2 Å². The Morgan fingerprint density at radius 3 is 2.80 bits per heavy atom. The average Bonchev–Trinajstić information content (AvgIpc) is 2.15. The number of ether oxygens (including phenoxy) is 1. The second-order valence-electron chi connectivity index (χ2n) is 3.17. The summed E-state index contributed by atoms with van der Waals surface area (Å²) in [5.74, 6) is -0.331. The van der Waals surface area contributed by atoms with Crippen molar-refractivity contribution in [1.29, 1.82) is 0 Å². The van der Waals surface area contributed by atoms with Gasteiger partial charge in [0.25, 0.3) is 0 Å². The van der Waals surface area contributed by atoms with Crippen LogP contribution in [0.1, 0.15) is 18.6 Å². The van der Waals surface area contributed by atoms with Crippen LogP contribution in [-0.2, 0) is 0 Å². The SMILES string of the molecule is C=C(Br)COc1ccc([C@@H](C)O)cc1F. The van der Waals surface area contributed by atoms with Crippen molar-refractivity contribution in [3.05, 3.63) is 40.6 Å². The van der Waals surface area contributed by atoms with Gasteiger partial charge in [0, 0.05) is 4.48 Å². The molecule has 1 aromatic rings. The minimum atomic E-state index is -0.681. The first kappa shape index (κ1) is 12.2. The van der Waals surface area contributed by atoms with Gasteiger partial charge in [0.15, 0.2) is 11.6 Å². The molecular formula is C11H12BrFO2. The number of aliphatic hydroxyl groups excluding tert-OH is 1. The molecule has 2 nitrogen and oxygen atoms in total. The molecule has 0 aliphatic carbocycles. The Bertz CT molecular complexity index is 364. The molecule has 0 radical (unpaired) electrons. The molecule has 0 aliphatic heterocycles. The number of hydrogen-bond acceptors (Lipinski definition) is 2. The molecule has 0 saturated heterocycles. The maximum atomic E-state index is 13.4. The van der Waals surface area contributed by atoms with Gasteiger partial charge in [-0.1, -0.05) is 28.6 Å². The predicted octanol–water partition coefficient (Wildman–Crippen LogP) is 3.17. The van der Waals surface area contributed by atoms with E-state index >= 15 is 0 Å². The molecule has 15 heavy (non-hydrogen) atoms. The van der Waals surface area contributed by atoms with Crippen molar-refractivity contribution in [3.8, 4) is 5.75 Å². The molecule has 0 heterocycles. The number of hydrogen-bond donors (Lipinski definition) is 1. The molecule has 1 atom stereocenters. The quantitative estimate of drug-likeness (QED) is 0.914. The predicted molar refractivity (Wildman–Crippen MR) is 60.6 cm³/mol. The molecule has 0 amide bonds. The smallest absolute Gasteiger partial charge is 0.165 e. The van der Waals surface area contributed by atoms with Crippen LogP contribution in [0.5, 0.6) is 5.75 Å². The Kier molecular flexibility index (Phi) is 4.29. The molecule has 0 unspecified atom stereocenters. The van der Waals surface area contributed by atoms with Gasteiger partial charge in [-0.05, 0) is 24.6 Å². The molecule has 0 aliphatic rings. The second kappa shape index (κ2) is 5.28. The monoisotopic (exact) mass is 274 g/mol. The summed E-state index contributed by atoms with van der Waals surface area (Å²) < 4.78 is 19.1. The summed E-state index contributed by atoms with van der Waals surface area (Å²) in [4.78, 5) is 0. The van der Waals surface area contributed by atoms with E-state index in [1.807, 2.05) is 0 Å². The van der Waals surface area contributed by atoms with Gasteiger partial charge in [-0.3, -0.25) is 0 Å². The summed E-state index contributed by atoms with van der Waals surface area (Å²) in [6, 6.07) is 4.38. The normalized spacial score (nSPS) is 12.3. The van der Waals surface area contributed by atoms with Gasteiger partial charge >= 0.3 is 0 Å². The molecule has 0 aromatic heterocycles. The first-order valence-corrected chi connectivity index (χ1v) is 5.23. The summed E-state index contributed by atoms with van der Waals surface area (Å²) in [7, 11) is 0. The van der Waals surface area contributed by atoms with Crippen LogP contribution in [0.4, 0.5) is 4.39 Å². The summed E-state index contributed by atoms with van der Waals surface area (Å²) in [5, 5.41) is 9.23. The van der Waals surface area contributed by atoms with E-state index in [1.54, 1.807) is 13.0 Å². The van der Waals surface area contributed by atoms with Gasteiger partial charge in [0.1, 0.15) is 6.61 Å². The highest BCUT2D eigenvalue weighted by molar-refractivity contribution is 9.11. The van der Waals surface area contributed by atoms with E-state index < -0.39 is 11.9 Å². The lowest BCUT2D eigenvalue weighted by Crippen LogP contribution is -2.00. The van der Waals surface area contributed by atoms with Gasteiger partial charge in [-0.2, -0.15) is 0 Å². The lowest BCUT2D eigenvalue weighted by Gasteiger charge is -2.09. The van der Waals surface area contributed by atoms with Crippen LogP contribution in [0.2, 0.25) is 0 Å². The highest BCUT2D eigenvalue weighted by atomic mass is 79.9. The molecule has 0 spiro atoms. The summed E-state index contributed by atoms with van der Waals surface area (Å²) in [5.41, 5.74) is 0.525. The Hall–Kier alpha value is -0.870. The second-order valence-corrected chi connectivity index (χ2v) is 4.29. The van der Waals surface area contributed by atoms with Crippen LogP contribution in [0, 0.1) is 5.82 Å². The third-order valence-corrected chi connectivity index (χ3v) is 2.05. The van der Waals surface area contributed by atoms with Crippen molar-refractivity contribution in [2.75, 3.05) is 6.61 Å². The van der Waals surface area contributed by atoms with E-state index in [2.05, 4.69) is 22.5 Å². The highest BCUT2D eigenvalue weighted by Gasteiger charge is 2.07. The van der Waals surface area contributed by atoms with E-state index in [4.69, 9.17) is 4.74 Å². The maximum absolute atomic E-state index is 13.4. The van der Waals surface area contributed by atoms with E-state index in [1.165, 1.54) is 12.1 Å². The minimum absolute atomic E-state index is 0.153. The van der Waals surface area contributed by atoms with E-state index in [-0.39, 0.29) is 12.4 Å². The lowest BCUT2D eigenvalue weighted by atomic mass is 10.1. The van der Waals surface area contributed by atoms with Crippen LogP contribution in [0.15, 0.2) is 29.3 Å². The molecule has 1 rings (SSSR count). The van der Waals surface area contributed by atoms with Gasteiger partial charge in [0.2, 0.25) is 0 Å². The third kappa shape index (κ3) is 3.64. The zero-order valence-electron chi connectivity index (χ0n) is 8.34. The van der Waals surface area contributed by atoms with E-state index in [0.29, 0.717) is 10.0 Å². The fourth-order valence-corrected chi connectivity index (χ4v) is 1.16. The largest absolute Gasteiger partial charge is 0.485 e. The Morgan fingerprint density at radius 2 is 2.33 bits per heavy atom. The van der Waals surface area contributed by atoms with Gasteiger partial charge in [-0.25, -0.2) is 4.39 Å². The summed E-state index contributed by atoms with van der Waals surface area (Å²) in [6.07, 6.45) is -0.681. The molecule has 0 fully saturated rings. The van der Waals surface area contributed by atoms with E-state index in [9.17, 15) is 9.50 Å². The highest BCUT2D eigenvalue weighted by Crippen LogP contribution is 2.22. The first-order valence-electron chi connectivity index (χ1n) is 4.44. The number of aliphatic hydroxyl groups is 1. The van der Waals surface area contributed by atoms with Crippen molar-refractivity contribution in [2.45, 2.75) is 13.0 Å². The standard InChI is InChI=1S/C11H12BrFO2/c1-7(12)6-15-11-4-3-9(8(2)14)5-10(11)13/h3-5,8,14H,1,6H2,2H3/t8-/m1/s1. The van der Waals surface area contributed by atoms with Crippen LogP contribution < -0.4 is 4.74 Å². The van der Waals surface area contributed by atoms with Crippen molar-refractivity contribution in [1.82, 2.24) is 0 Å². The molecule has 0 bridgehead atoms. The number of rotatable bonds is 4. The van der Waals surface area contributed by atoms with Crippen LogP contribution >= 0.6 is 15.9 Å². The summed E-state index contributed by atoms with van der Waals surface area (Å²) >= 11 is 3.11.